The van der Waals surface area contributed by atoms with Crippen molar-refractivity contribution in [3.05, 3.63) is 106 Å². The Morgan fingerprint density at radius 1 is 1.05 bits per heavy atom. The number of nitro benzene ring substituents is 1. The number of rotatable bonds is 8. The second-order valence-corrected chi connectivity index (χ2v) is 13.0. The van der Waals surface area contributed by atoms with Crippen LogP contribution in [0.1, 0.15) is 77.1 Å². The van der Waals surface area contributed by atoms with Gasteiger partial charge in [-0.2, -0.15) is 0 Å². The van der Waals surface area contributed by atoms with E-state index >= 15 is 0 Å². The molecule has 1 heterocycles. The van der Waals surface area contributed by atoms with Crippen LogP contribution in [0.15, 0.2) is 66.7 Å². The molecule has 3 aromatic rings. The van der Waals surface area contributed by atoms with Gasteiger partial charge in [0.25, 0.3) is 0 Å². The molecule has 0 radical (unpaired) electrons. The fraction of sp³-hybridized carbons (Fsp3) is 0.394. The van der Waals surface area contributed by atoms with Gasteiger partial charge in [-0.1, -0.05) is 74.9 Å². The number of ether oxygens (including phenoxy) is 1. The standard InChI is InChI=1S/C23H30N.C10H11NO3.ClH.Ru/c1-6-18-12-11-13-19(7-2)21(18)24-17-23(5,16-22(24,3)4)20-14-9-8-10-15-20;1-7(2)14-10-5-4-9(11(12)13)6-8(10)3;;/h8-15,17H,6-7,16H2,1-5H3;3-7H,1-2H3;1H;/q-1;;;+1/p-1. The smallest absolute Gasteiger partial charge is 0.0140 e. The van der Waals surface area contributed by atoms with Gasteiger partial charge in [-0.25, -0.2) is 6.54 Å². The molecule has 3 aromatic carbocycles. The van der Waals surface area contributed by atoms with E-state index in [-0.39, 0.29) is 22.7 Å². The number of benzene rings is 3. The second kappa shape index (κ2) is 13.9. The first-order valence-electron chi connectivity index (χ1n) is 13.8. The SMILES string of the molecule is CC(C)Oc1ccc([N+](=O)[O-])cc1[CH]=[Ru][Cl].CCc1cccc(CC)c1N1[CH-]C(C)(c2ccccc2)CC1(C)C. The summed E-state index contributed by atoms with van der Waals surface area (Å²) in [4.78, 5) is 12.8. The van der Waals surface area contributed by atoms with E-state index in [0.717, 1.165) is 19.3 Å². The van der Waals surface area contributed by atoms with Crippen molar-refractivity contribution in [1.82, 2.24) is 0 Å². The third-order valence-corrected chi connectivity index (χ3v) is 8.41. The Bertz CT molecular complexity index is 1300. The van der Waals surface area contributed by atoms with Crippen molar-refractivity contribution < 1.29 is 25.3 Å². The first-order valence-corrected chi connectivity index (χ1v) is 17.0. The zero-order valence-corrected chi connectivity index (χ0v) is 27.0. The molecule has 217 valence electrons. The molecule has 0 aromatic heterocycles. The second-order valence-electron chi connectivity index (χ2n) is 11.2. The Hall–Kier alpha value is -2.56. The van der Waals surface area contributed by atoms with Crippen molar-refractivity contribution in [2.24, 2.45) is 0 Å². The van der Waals surface area contributed by atoms with Crippen molar-refractivity contribution in [1.29, 1.82) is 0 Å². The molecule has 4 rings (SSSR count). The maximum atomic E-state index is 10.6. The maximum Gasteiger partial charge on any atom is 0.0140 e. The van der Waals surface area contributed by atoms with E-state index in [2.05, 4.69) is 94.6 Å². The van der Waals surface area contributed by atoms with E-state index in [1.54, 1.807) is 10.7 Å². The minimum absolute atomic E-state index is 0.0275. The normalized spacial score (nSPS) is 18.3. The molecule has 40 heavy (non-hydrogen) atoms. The van der Waals surface area contributed by atoms with Crippen LogP contribution in [-0.2, 0) is 33.9 Å². The van der Waals surface area contributed by atoms with E-state index in [1.807, 2.05) is 13.8 Å². The third-order valence-electron chi connectivity index (χ3n) is 7.22. The summed E-state index contributed by atoms with van der Waals surface area (Å²) in [5.74, 6) is 0.635. The number of hydrogen-bond donors (Lipinski definition) is 0. The average molecular weight is 650 g/mol. The molecule has 0 spiro atoms. The molecule has 0 amide bonds. The molecule has 0 aliphatic carbocycles. The molecule has 1 saturated heterocycles. The Balaban J connectivity index is 0.000000241. The summed E-state index contributed by atoms with van der Waals surface area (Å²) in [5, 5.41) is 10.6. The number of nitrogens with zero attached hydrogens (tertiary/aromatic N) is 2. The number of aryl methyl sites for hydroxylation is 2. The van der Waals surface area contributed by atoms with Gasteiger partial charge >= 0.3 is 105 Å². The predicted octanol–water partition coefficient (Wildman–Crippen LogP) is 8.69. The van der Waals surface area contributed by atoms with E-state index in [9.17, 15) is 10.1 Å². The molecular formula is C33H41ClN2O3Ru-. The number of hydrogen-bond acceptors (Lipinski definition) is 4. The maximum absolute atomic E-state index is 10.6. The van der Waals surface area contributed by atoms with E-state index < -0.39 is 20.6 Å². The van der Waals surface area contributed by atoms with E-state index in [1.165, 1.54) is 34.5 Å². The Morgan fingerprint density at radius 2 is 1.68 bits per heavy atom. The molecule has 0 bridgehead atoms. The first kappa shape index (κ1) is 32.0. The van der Waals surface area contributed by atoms with Crippen molar-refractivity contribution >= 4 is 25.7 Å². The van der Waals surface area contributed by atoms with E-state index in [4.69, 9.17) is 14.4 Å². The Morgan fingerprint density at radius 3 is 2.20 bits per heavy atom. The van der Waals surface area contributed by atoms with Gasteiger partial charge in [-0.05, 0) is 44.2 Å². The van der Waals surface area contributed by atoms with Crippen molar-refractivity contribution in [2.75, 3.05) is 4.90 Å². The zero-order chi connectivity index (χ0) is 29.5. The Kier molecular flexibility index (Phi) is 11.1. The average Bonchev–Trinajstić information content (AvgIpc) is 3.18. The monoisotopic (exact) mass is 650 g/mol. The fourth-order valence-electron chi connectivity index (χ4n) is 5.51. The van der Waals surface area contributed by atoms with Crippen LogP contribution in [0.5, 0.6) is 5.75 Å². The van der Waals surface area contributed by atoms with Crippen LogP contribution in [0.2, 0.25) is 0 Å². The largest absolute Gasteiger partial charge is 0.517 e. The van der Waals surface area contributed by atoms with Gasteiger partial charge in [-0.15, -0.1) is 5.41 Å². The van der Waals surface area contributed by atoms with Gasteiger partial charge in [0, 0.05) is 11.2 Å². The van der Waals surface area contributed by atoms with Crippen LogP contribution in [0, 0.1) is 16.7 Å². The summed E-state index contributed by atoms with van der Waals surface area (Å²) in [6.45, 7) is 17.9. The summed E-state index contributed by atoms with van der Waals surface area (Å²) in [5.41, 5.74) is 6.69. The first-order chi connectivity index (χ1) is 19.0. The number of anilines is 1. The van der Waals surface area contributed by atoms with E-state index in [0.29, 0.717) is 11.3 Å². The summed E-state index contributed by atoms with van der Waals surface area (Å²) in [7, 11) is 5.69. The molecule has 1 unspecified atom stereocenters. The van der Waals surface area contributed by atoms with Crippen molar-refractivity contribution in [3.63, 3.8) is 0 Å². The molecule has 0 saturated carbocycles. The minimum Gasteiger partial charge on any atom is -0.517 e. The van der Waals surface area contributed by atoms with Gasteiger partial charge in [0.05, 0.1) is 0 Å². The van der Waals surface area contributed by atoms with Crippen LogP contribution in [0.4, 0.5) is 11.4 Å². The van der Waals surface area contributed by atoms with Gasteiger partial charge < -0.3 is 4.90 Å². The molecule has 1 aliphatic heterocycles. The summed E-state index contributed by atoms with van der Waals surface area (Å²) in [6, 6.07) is 22.2. The molecule has 1 aliphatic rings. The minimum atomic E-state index is -0.440. The molecule has 5 nitrogen and oxygen atoms in total. The van der Waals surface area contributed by atoms with Gasteiger partial charge in [0.2, 0.25) is 0 Å². The van der Waals surface area contributed by atoms with Crippen LogP contribution >= 0.6 is 9.69 Å². The van der Waals surface area contributed by atoms with Crippen LogP contribution < -0.4 is 9.64 Å². The zero-order valence-electron chi connectivity index (χ0n) is 24.6. The number of para-hydroxylation sites is 1. The van der Waals surface area contributed by atoms with Gasteiger partial charge in [-0.3, -0.25) is 0 Å². The molecule has 1 atom stereocenters. The molecule has 1 fully saturated rings. The summed E-state index contributed by atoms with van der Waals surface area (Å²) < 4.78 is 7.31. The summed E-state index contributed by atoms with van der Waals surface area (Å²) >= 11 is -0.440. The summed E-state index contributed by atoms with van der Waals surface area (Å²) in [6.07, 6.45) is 3.31. The van der Waals surface area contributed by atoms with Gasteiger partial charge in [0.15, 0.2) is 0 Å². The molecular weight excluding hydrogens is 609 g/mol. The molecule has 0 N–H and O–H groups in total. The Labute approximate surface area is 251 Å². The fourth-order valence-corrected chi connectivity index (χ4v) is 6.60. The van der Waals surface area contributed by atoms with Crippen molar-refractivity contribution in [2.45, 2.75) is 84.8 Å². The quantitative estimate of drug-likeness (QED) is 0.106. The number of halogens is 1. The third kappa shape index (κ3) is 7.59. The number of nitro groups is 1. The topological polar surface area (TPSA) is 55.6 Å². The van der Waals surface area contributed by atoms with Gasteiger partial charge in [0.1, 0.15) is 0 Å². The molecule has 7 heteroatoms. The number of non-ortho nitro benzene ring substituents is 1. The van der Waals surface area contributed by atoms with Crippen molar-refractivity contribution in [3.8, 4) is 5.75 Å². The predicted molar refractivity (Wildman–Crippen MR) is 164 cm³/mol. The van der Waals surface area contributed by atoms with Crippen LogP contribution in [-0.4, -0.2) is 21.2 Å². The van der Waals surface area contributed by atoms with Crippen LogP contribution in [0.3, 0.4) is 0 Å². The van der Waals surface area contributed by atoms with Crippen LogP contribution in [0.25, 0.3) is 0 Å².